The molecule has 1 aromatic rings. The Labute approximate surface area is 82.6 Å². The van der Waals surface area contributed by atoms with Crippen LogP contribution < -0.4 is 0 Å². The normalized spacial score (nSPS) is 8.70. The van der Waals surface area contributed by atoms with Crippen molar-refractivity contribution in [2.24, 2.45) is 0 Å². The average Bonchev–Trinajstić information content (AvgIpc) is 1.59. The van der Waals surface area contributed by atoms with E-state index in [9.17, 15) is 0 Å². The summed E-state index contributed by atoms with van der Waals surface area (Å²) in [6, 6.07) is 0. The molecule has 0 N–H and O–H groups in total. The third kappa shape index (κ3) is 2.99. The van der Waals surface area contributed by atoms with Gasteiger partial charge in [-0.15, -0.1) is 0 Å². The van der Waals surface area contributed by atoms with Gasteiger partial charge >= 0.3 is 0 Å². The van der Waals surface area contributed by atoms with E-state index < -0.39 is 0 Å². The molecule has 0 saturated carbocycles. The number of hydrogen-bond donors (Lipinski definition) is 0. The zero-order valence-electron chi connectivity index (χ0n) is 4.28. The fraction of sp³-hybridized carbons (Fsp3) is 0. The molecule has 0 bridgehead atoms. The van der Waals surface area contributed by atoms with E-state index in [1.807, 2.05) is 0 Å². The monoisotopic (exact) mass is 246 g/mol. The van der Waals surface area contributed by atoms with Crippen molar-refractivity contribution in [3.63, 3.8) is 0 Å². The van der Waals surface area contributed by atoms with E-state index in [2.05, 4.69) is 15.0 Å². The second kappa shape index (κ2) is 4.31. The van der Waals surface area contributed by atoms with Crippen molar-refractivity contribution in [1.29, 1.82) is 0 Å². The van der Waals surface area contributed by atoms with E-state index in [0.29, 0.717) is 0 Å². The Morgan fingerprint density at radius 2 is 0.900 bits per heavy atom. The molecule has 1 rings (SSSR count). The molecule has 0 unspecified atom stereocenters. The quantitative estimate of drug-likeness (QED) is 0.657. The Balaban J connectivity index is 0.000000810. The fourth-order valence-corrected chi connectivity index (χ4v) is 0.913. The summed E-state index contributed by atoms with van der Waals surface area (Å²) < 4.78 is 0. The maximum Gasteiger partial charge on any atom is 0.227 e. The summed E-state index contributed by atoms with van der Waals surface area (Å²) >= 11 is 16.0. The predicted molar refractivity (Wildman–Crippen MR) is 34.9 cm³/mol. The van der Waals surface area contributed by atoms with E-state index in [-0.39, 0.29) is 32.9 Å². The van der Waals surface area contributed by atoms with Crippen LogP contribution in [-0.4, -0.2) is 15.0 Å². The topological polar surface area (TPSA) is 38.7 Å². The molecule has 0 saturated heterocycles. The van der Waals surface area contributed by atoms with Crippen LogP contribution in [0, 0.1) is 0 Å². The first-order valence-corrected chi connectivity index (χ1v) is 3.04. The van der Waals surface area contributed by atoms with Crippen LogP contribution in [0.3, 0.4) is 0 Å². The van der Waals surface area contributed by atoms with Crippen molar-refractivity contribution in [2.75, 3.05) is 0 Å². The molecule has 10 heavy (non-hydrogen) atoms. The number of nitrogens with zero attached hydrogens (tertiary/aromatic N) is 3. The number of aromatic nitrogens is 3. The molecule has 59 valence electrons. The zero-order valence-corrected chi connectivity index (χ0v) is 7.49. The van der Waals surface area contributed by atoms with Crippen molar-refractivity contribution >= 4 is 34.8 Å². The van der Waals surface area contributed by atoms with Crippen LogP contribution in [0.4, 0.5) is 0 Å². The van der Waals surface area contributed by atoms with Gasteiger partial charge in [-0.25, -0.2) is 0 Å². The SMILES string of the molecule is Clc1nc(Cl)nc(Cl)n1.[Cu]. The molecular weight excluding hydrogens is 248 g/mol. The van der Waals surface area contributed by atoms with Gasteiger partial charge in [0.25, 0.3) is 0 Å². The van der Waals surface area contributed by atoms with E-state index >= 15 is 0 Å². The first-order chi connectivity index (χ1) is 4.18. The molecule has 0 aliphatic rings. The van der Waals surface area contributed by atoms with Crippen molar-refractivity contribution in [3.8, 4) is 0 Å². The number of halogens is 3. The van der Waals surface area contributed by atoms with Crippen molar-refractivity contribution in [2.45, 2.75) is 0 Å². The van der Waals surface area contributed by atoms with Crippen molar-refractivity contribution in [1.82, 2.24) is 15.0 Å². The molecule has 0 spiro atoms. The van der Waals surface area contributed by atoms with Gasteiger partial charge in [-0.05, 0) is 34.8 Å². The molecular formula is C3Cl3CuN3. The first-order valence-electron chi connectivity index (χ1n) is 1.91. The number of hydrogen-bond acceptors (Lipinski definition) is 3. The largest absolute Gasteiger partial charge is 0.227 e. The Kier molecular flexibility index (Phi) is 4.49. The summed E-state index contributed by atoms with van der Waals surface area (Å²) in [5.74, 6) is 0. The van der Waals surface area contributed by atoms with E-state index in [1.54, 1.807) is 0 Å². The van der Waals surface area contributed by atoms with Gasteiger partial charge in [-0.3, -0.25) is 0 Å². The van der Waals surface area contributed by atoms with Crippen LogP contribution in [0.5, 0.6) is 0 Å². The third-order valence-electron chi connectivity index (χ3n) is 0.554. The van der Waals surface area contributed by atoms with Gasteiger partial charge in [0.1, 0.15) is 0 Å². The van der Waals surface area contributed by atoms with E-state index in [4.69, 9.17) is 34.8 Å². The Hall–Kier alpha value is 0.399. The Morgan fingerprint density at radius 3 is 1.10 bits per heavy atom. The van der Waals surface area contributed by atoms with Gasteiger partial charge in [0, 0.05) is 17.1 Å². The van der Waals surface area contributed by atoms with Gasteiger partial charge in [0.15, 0.2) is 0 Å². The molecule has 0 amide bonds. The Morgan fingerprint density at radius 1 is 0.700 bits per heavy atom. The molecule has 0 aromatic carbocycles. The fourth-order valence-electron chi connectivity index (χ4n) is 0.303. The summed E-state index contributed by atoms with van der Waals surface area (Å²) in [6.45, 7) is 0. The molecule has 0 fully saturated rings. The molecule has 3 nitrogen and oxygen atoms in total. The second-order valence-corrected chi connectivity index (χ2v) is 2.16. The molecule has 0 aliphatic carbocycles. The summed E-state index contributed by atoms with van der Waals surface area (Å²) in [5.41, 5.74) is 0. The molecule has 1 heterocycles. The zero-order chi connectivity index (χ0) is 6.85. The van der Waals surface area contributed by atoms with Crippen molar-refractivity contribution in [3.05, 3.63) is 15.9 Å². The summed E-state index contributed by atoms with van der Waals surface area (Å²) in [5, 5.41) is 0.00000000000000178. The van der Waals surface area contributed by atoms with E-state index in [1.165, 1.54) is 0 Å². The minimum Gasteiger partial charge on any atom is -0.187 e. The maximum atomic E-state index is 5.32. The summed E-state index contributed by atoms with van der Waals surface area (Å²) in [7, 11) is 0. The molecule has 0 atom stereocenters. The minimum atomic E-state index is 0. The number of rotatable bonds is 0. The van der Waals surface area contributed by atoms with Crippen LogP contribution in [0.15, 0.2) is 0 Å². The second-order valence-electron chi connectivity index (χ2n) is 1.14. The van der Waals surface area contributed by atoms with Gasteiger partial charge in [0.05, 0.1) is 0 Å². The molecule has 1 aromatic heterocycles. The van der Waals surface area contributed by atoms with Gasteiger partial charge < -0.3 is 0 Å². The summed E-state index contributed by atoms with van der Waals surface area (Å²) in [6.07, 6.45) is 0. The minimum absolute atomic E-state index is 0. The third-order valence-corrected chi connectivity index (χ3v) is 1.06. The van der Waals surface area contributed by atoms with Crippen LogP contribution in [-0.2, 0) is 17.1 Å². The van der Waals surface area contributed by atoms with Crippen LogP contribution in [0.2, 0.25) is 15.9 Å². The summed E-state index contributed by atoms with van der Waals surface area (Å²) in [4.78, 5) is 10.4. The maximum absolute atomic E-state index is 5.32. The predicted octanol–water partition coefficient (Wildman–Crippen LogP) is 1.83. The van der Waals surface area contributed by atoms with E-state index in [0.717, 1.165) is 0 Å². The smallest absolute Gasteiger partial charge is 0.187 e. The first kappa shape index (κ1) is 10.4. The Bertz CT molecular complexity index is 180. The van der Waals surface area contributed by atoms with Gasteiger partial charge in [-0.1, -0.05) is 0 Å². The van der Waals surface area contributed by atoms with Crippen LogP contribution in [0.1, 0.15) is 0 Å². The molecule has 0 aliphatic heterocycles. The van der Waals surface area contributed by atoms with Crippen LogP contribution >= 0.6 is 34.8 Å². The van der Waals surface area contributed by atoms with Gasteiger partial charge in [0.2, 0.25) is 15.9 Å². The standard InChI is InChI=1S/C3Cl3N3.Cu/c4-1-7-2(5)9-3(6)8-1;. The molecule has 7 heteroatoms. The average molecular weight is 248 g/mol. The van der Waals surface area contributed by atoms with Gasteiger partial charge in [-0.2, -0.15) is 15.0 Å². The van der Waals surface area contributed by atoms with Crippen LogP contribution in [0.25, 0.3) is 0 Å². The molecule has 1 radical (unpaired) electrons. The van der Waals surface area contributed by atoms with Crippen molar-refractivity contribution < 1.29 is 17.1 Å².